The highest BCUT2D eigenvalue weighted by molar-refractivity contribution is 5.91. The molecule has 2 aromatic rings. The fraction of sp³-hybridized carbons (Fsp3) is 0.222. The third kappa shape index (κ3) is 4.81. The number of nitrogens with one attached hydrogen (secondary N) is 1. The molecule has 2 rings (SSSR count). The van der Waals surface area contributed by atoms with Crippen LogP contribution in [0.3, 0.4) is 0 Å². The summed E-state index contributed by atoms with van der Waals surface area (Å²) in [4.78, 5) is 23.6. The molecule has 0 aliphatic carbocycles. The van der Waals surface area contributed by atoms with E-state index >= 15 is 0 Å². The molecule has 0 radical (unpaired) electrons. The normalized spacial score (nSPS) is 11.5. The molecule has 2 aromatic carbocycles. The summed E-state index contributed by atoms with van der Waals surface area (Å²) in [7, 11) is 1.58. The zero-order valence-electron chi connectivity index (χ0n) is 13.4. The smallest absolute Gasteiger partial charge is 0.338 e. The first kappa shape index (κ1) is 17.5. The van der Waals surface area contributed by atoms with E-state index in [1.165, 1.54) is 12.1 Å². The van der Waals surface area contributed by atoms with E-state index < -0.39 is 24.3 Å². The molecule has 0 bridgehead atoms. The van der Waals surface area contributed by atoms with Gasteiger partial charge in [-0.05, 0) is 48.9 Å². The number of ether oxygens (including phenoxy) is 2. The van der Waals surface area contributed by atoms with Crippen LogP contribution >= 0.6 is 0 Å². The summed E-state index contributed by atoms with van der Waals surface area (Å²) in [5.74, 6) is -0.820. The molecule has 0 saturated heterocycles. The van der Waals surface area contributed by atoms with E-state index in [1.807, 2.05) is 19.1 Å². The number of benzene rings is 2. The standard InChI is InChI=1S/C18H18FNO4/c1-12(13-5-9-16(23-2)10-6-13)20-17(21)11-24-18(22)14-3-7-15(19)8-4-14/h3-10,12H,11H2,1-2H3,(H,20,21)/t12-/m1/s1. The minimum atomic E-state index is -0.678. The number of esters is 1. The number of carbonyl (C=O) groups is 2. The summed E-state index contributed by atoms with van der Waals surface area (Å²) in [6.07, 6.45) is 0. The lowest BCUT2D eigenvalue weighted by Crippen LogP contribution is -2.31. The Bertz CT molecular complexity index is 698. The van der Waals surface area contributed by atoms with Crippen LogP contribution < -0.4 is 10.1 Å². The molecule has 6 heteroatoms. The van der Waals surface area contributed by atoms with Crippen molar-refractivity contribution in [3.05, 3.63) is 65.5 Å². The van der Waals surface area contributed by atoms with Crippen molar-refractivity contribution in [2.75, 3.05) is 13.7 Å². The van der Waals surface area contributed by atoms with Crippen molar-refractivity contribution in [2.24, 2.45) is 0 Å². The number of amides is 1. The molecule has 0 aromatic heterocycles. The molecule has 0 saturated carbocycles. The number of rotatable bonds is 6. The third-order valence-electron chi connectivity index (χ3n) is 3.41. The molecule has 1 N–H and O–H groups in total. The molecule has 0 spiro atoms. The predicted octanol–water partition coefficient (Wildman–Crippen LogP) is 2.87. The number of halogens is 1. The topological polar surface area (TPSA) is 64.6 Å². The van der Waals surface area contributed by atoms with Gasteiger partial charge in [0.1, 0.15) is 11.6 Å². The highest BCUT2D eigenvalue weighted by Crippen LogP contribution is 2.17. The van der Waals surface area contributed by atoms with Gasteiger partial charge >= 0.3 is 5.97 Å². The van der Waals surface area contributed by atoms with Crippen molar-refractivity contribution < 1.29 is 23.5 Å². The number of hydrogen-bond donors (Lipinski definition) is 1. The Morgan fingerprint density at radius 2 is 1.71 bits per heavy atom. The van der Waals surface area contributed by atoms with Gasteiger partial charge in [0.05, 0.1) is 18.7 Å². The minimum absolute atomic E-state index is 0.187. The molecular formula is C18H18FNO4. The van der Waals surface area contributed by atoms with Crippen molar-refractivity contribution in [3.63, 3.8) is 0 Å². The number of methoxy groups -OCH3 is 1. The first-order chi connectivity index (χ1) is 11.5. The van der Waals surface area contributed by atoms with Gasteiger partial charge in [-0.1, -0.05) is 12.1 Å². The molecule has 0 aliphatic heterocycles. The number of hydrogen-bond acceptors (Lipinski definition) is 4. The zero-order valence-corrected chi connectivity index (χ0v) is 13.4. The van der Waals surface area contributed by atoms with Gasteiger partial charge in [-0.15, -0.1) is 0 Å². The summed E-state index contributed by atoms with van der Waals surface area (Å²) in [5.41, 5.74) is 1.08. The first-order valence-electron chi connectivity index (χ1n) is 7.35. The molecule has 0 aliphatic rings. The maximum Gasteiger partial charge on any atom is 0.338 e. The van der Waals surface area contributed by atoms with Gasteiger partial charge in [-0.25, -0.2) is 9.18 Å². The Morgan fingerprint density at radius 1 is 1.08 bits per heavy atom. The van der Waals surface area contributed by atoms with Crippen LogP contribution in [0.4, 0.5) is 4.39 Å². The van der Waals surface area contributed by atoms with Crippen LogP contribution in [0.1, 0.15) is 28.9 Å². The average Bonchev–Trinajstić information content (AvgIpc) is 2.60. The van der Waals surface area contributed by atoms with Gasteiger partial charge in [0.25, 0.3) is 5.91 Å². The Hall–Kier alpha value is -2.89. The summed E-state index contributed by atoms with van der Waals surface area (Å²) in [5, 5.41) is 2.73. The highest BCUT2D eigenvalue weighted by Gasteiger charge is 2.13. The fourth-order valence-corrected chi connectivity index (χ4v) is 2.06. The van der Waals surface area contributed by atoms with Crippen molar-refractivity contribution in [2.45, 2.75) is 13.0 Å². The van der Waals surface area contributed by atoms with E-state index in [1.54, 1.807) is 19.2 Å². The number of carbonyl (C=O) groups excluding carboxylic acids is 2. The zero-order chi connectivity index (χ0) is 17.5. The summed E-state index contributed by atoms with van der Waals surface area (Å²) < 4.78 is 22.8. The van der Waals surface area contributed by atoms with Gasteiger partial charge in [0.2, 0.25) is 0 Å². The second-order valence-corrected chi connectivity index (χ2v) is 5.15. The lowest BCUT2D eigenvalue weighted by atomic mass is 10.1. The highest BCUT2D eigenvalue weighted by atomic mass is 19.1. The Morgan fingerprint density at radius 3 is 2.29 bits per heavy atom. The van der Waals surface area contributed by atoms with Crippen LogP contribution in [0.2, 0.25) is 0 Å². The van der Waals surface area contributed by atoms with E-state index in [4.69, 9.17) is 9.47 Å². The molecule has 1 atom stereocenters. The Labute approximate surface area is 139 Å². The molecule has 0 unspecified atom stereocenters. The fourth-order valence-electron chi connectivity index (χ4n) is 2.06. The molecular weight excluding hydrogens is 313 g/mol. The van der Waals surface area contributed by atoms with E-state index in [2.05, 4.69) is 5.32 Å². The van der Waals surface area contributed by atoms with E-state index in [0.717, 1.165) is 23.4 Å². The monoisotopic (exact) mass is 331 g/mol. The van der Waals surface area contributed by atoms with E-state index in [9.17, 15) is 14.0 Å². The third-order valence-corrected chi connectivity index (χ3v) is 3.41. The van der Waals surface area contributed by atoms with Crippen molar-refractivity contribution in [1.29, 1.82) is 0 Å². The summed E-state index contributed by atoms with van der Waals surface area (Å²) >= 11 is 0. The van der Waals surface area contributed by atoms with Crippen LogP contribution in [0.5, 0.6) is 5.75 Å². The van der Waals surface area contributed by atoms with Gasteiger partial charge in [0, 0.05) is 0 Å². The first-order valence-corrected chi connectivity index (χ1v) is 7.35. The molecule has 5 nitrogen and oxygen atoms in total. The molecule has 126 valence electrons. The molecule has 1 amide bonds. The van der Waals surface area contributed by atoms with E-state index in [-0.39, 0.29) is 11.6 Å². The molecule has 24 heavy (non-hydrogen) atoms. The van der Waals surface area contributed by atoms with Crippen molar-refractivity contribution >= 4 is 11.9 Å². The van der Waals surface area contributed by atoms with Crippen molar-refractivity contribution in [1.82, 2.24) is 5.32 Å². The van der Waals surface area contributed by atoms with Crippen LogP contribution in [0, 0.1) is 5.82 Å². The summed E-state index contributed by atoms with van der Waals surface area (Å²) in [6.45, 7) is 1.41. The predicted molar refractivity (Wildman–Crippen MR) is 86.2 cm³/mol. The molecule has 0 heterocycles. The van der Waals surface area contributed by atoms with Gasteiger partial charge < -0.3 is 14.8 Å². The quantitative estimate of drug-likeness (QED) is 0.827. The summed E-state index contributed by atoms with van der Waals surface area (Å²) in [6, 6.07) is 11.9. The maximum absolute atomic E-state index is 12.8. The van der Waals surface area contributed by atoms with Crippen LogP contribution in [0.25, 0.3) is 0 Å². The largest absolute Gasteiger partial charge is 0.497 e. The van der Waals surface area contributed by atoms with Gasteiger partial charge in [0.15, 0.2) is 6.61 Å². The maximum atomic E-state index is 12.8. The lowest BCUT2D eigenvalue weighted by Gasteiger charge is -2.15. The lowest BCUT2D eigenvalue weighted by molar-refractivity contribution is -0.124. The van der Waals surface area contributed by atoms with Gasteiger partial charge in [-0.3, -0.25) is 4.79 Å². The minimum Gasteiger partial charge on any atom is -0.497 e. The Kier molecular flexibility index (Phi) is 5.89. The van der Waals surface area contributed by atoms with Crippen LogP contribution in [0.15, 0.2) is 48.5 Å². The van der Waals surface area contributed by atoms with Crippen molar-refractivity contribution in [3.8, 4) is 5.75 Å². The Balaban J connectivity index is 1.83. The SMILES string of the molecule is COc1ccc([C@@H](C)NC(=O)COC(=O)c2ccc(F)cc2)cc1. The second-order valence-electron chi connectivity index (χ2n) is 5.15. The van der Waals surface area contributed by atoms with Gasteiger partial charge in [-0.2, -0.15) is 0 Å². The van der Waals surface area contributed by atoms with Crippen LogP contribution in [-0.4, -0.2) is 25.6 Å². The molecule has 0 fully saturated rings. The van der Waals surface area contributed by atoms with Crippen LogP contribution in [-0.2, 0) is 9.53 Å². The second kappa shape index (κ2) is 8.10. The average molecular weight is 331 g/mol. The van der Waals surface area contributed by atoms with E-state index in [0.29, 0.717) is 0 Å².